The molecule has 2 aromatic heterocycles. The molecule has 8 rings (SSSR count). The number of anilines is 1. The first-order valence-corrected chi connectivity index (χ1v) is 28.9. The van der Waals surface area contributed by atoms with Crippen LogP contribution < -0.4 is 31.6 Å². The summed E-state index contributed by atoms with van der Waals surface area (Å²) in [5, 5.41) is 43.4. The Hall–Kier alpha value is -7.82. The molecule has 3 heterocycles. The Morgan fingerprint density at radius 1 is 0.952 bits per heavy atom. The Morgan fingerprint density at radius 3 is 2.41 bits per heavy atom. The highest BCUT2D eigenvalue weighted by atomic mass is 33.1. The van der Waals surface area contributed by atoms with E-state index in [2.05, 4.69) is 41.2 Å². The second kappa shape index (κ2) is 26.6. The van der Waals surface area contributed by atoms with Gasteiger partial charge in [-0.05, 0) is 94.6 Å². The number of carboxylic acid groups (broad SMARTS) is 1. The van der Waals surface area contributed by atoms with Crippen molar-refractivity contribution < 1.29 is 77.4 Å². The third kappa shape index (κ3) is 14.7. The van der Waals surface area contributed by atoms with Gasteiger partial charge >= 0.3 is 18.0 Å². The van der Waals surface area contributed by atoms with E-state index in [-0.39, 0.29) is 101 Å². The highest BCUT2D eigenvalue weighted by Gasteiger charge is 2.46. The third-order valence-electron chi connectivity index (χ3n) is 14.0. The van der Waals surface area contributed by atoms with E-state index >= 15 is 0 Å². The first-order valence-electron chi connectivity index (χ1n) is 26.5. The minimum absolute atomic E-state index is 0.0961. The van der Waals surface area contributed by atoms with Crippen LogP contribution in [-0.2, 0) is 51.1 Å². The van der Waals surface area contributed by atoms with Crippen molar-refractivity contribution in [2.45, 2.75) is 128 Å². The molecule has 0 radical (unpaired) electrons. The molecule has 8 atom stereocenters. The average molecular weight is 1180 g/mol. The number of H-pyrrole nitrogens is 1. The Kier molecular flexibility index (Phi) is 19.6. The molecule has 1 saturated heterocycles. The number of nitrogens with zero attached hydrogens (tertiary/aromatic N) is 3. The van der Waals surface area contributed by atoms with Crippen molar-refractivity contribution >= 4 is 85.6 Å². The molecule has 0 unspecified atom stereocenters. The van der Waals surface area contributed by atoms with Gasteiger partial charge in [-0.2, -0.15) is 0 Å². The van der Waals surface area contributed by atoms with Crippen molar-refractivity contribution in [3.63, 3.8) is 0 Å². The van der Waals surface area contributed by atoms with Crippen LogP contribution in [0.3, 0.4) is 0 Å². The zero-order valence-electron chi connectivity index (χ0n) is 46.0. The van der Waals surface area contributed by atoms with Gasteiger partial charge in [0.2, 0.25) is 5.91 Å². The number of aromatic amines is 1. The summed E-state index contributed by atoms with van der Waals surface area (Å²) in [6, 6.07) is 10.4. The highest BCUT2D eigenvalue weighted by molar-refractivity contribution is 8.76. The van der Waals surface area contributed by atoms with E-state index in [1.807, 2.05) is 0 Å². The maximum absolute atomic E-state index is 13.9. The number of ether oxygens (including phenoxy) is 5. The van der Waals surface area contributed by atoms with Crippen molar-refractivity contribution in [2.75, 3.05) is 30.5 Å². The average Bonchev–Trinajstić information content (AvgIpc) is 2.66. The maximum atomic E-state index is 13.9. The van der Waals surface area contributed by atoms with Gasteiger partial charge in [-0.1, -0.05) is 33.7 Å². The Bertz CT molecular complexity index is 3400. The quantitative estimate of drug-likeness (QED) is 0.0257. The SMILES string of the molecule is COc1cccc2c1C(=O)c1cc3c(cc1C2=O)C[C@@](O)(C(C)=O)C[C@@H]3O[C@H]1C[C@@H](NC(=O)OCCSSC[C@@H](NC(=O)CC[C@@H](NC(=O)c2ccc(NCc3cnc4nc(C)[nH]c(=O)c4n3)cc2)C(=O)OC(C)C)C(=O)O)[C@H](O)[C@H](C)O1. The number of benzene rings is 3. The number of methoxy groups -OCH3 is 1. The van der Waals surface area contributed by atoms with Gasteiger partial charge in [0.1, 0.15) is 42.0 Å². The second-order valence-electron chi connectivity index (χ2n) is 20.3. The van der Waals surface area contributed by atoms with Crippen LogP contribution in [0.1, 0.15) is 124 Å². The van der Waals surface area contributed by atoms with Gasteiger partial charge in [0.05, 0.1) is 55.5 Å². The lowest BCUT2D eigenvalue weighted by Gasteiger charge is -2.42. The zero-order chi connectivity index (χ0) is 59.9. The number of nitrogens with one attached hydrogen (secondary N) is 5. The number of aryl methyl sites for hydroxylation is 1. The Balaban J connectivity index is 0.783. The Morgan fingerprint density at radius 2 is 1.70 bits per heavy atom. The first-order chi connectivity index (χ1) is 39.5. The molecule has 3 amide bonds. The number of rotatable bonds is 23. The summed E-state index contributed by atoms with van der Waals surface area (Å²) in [6.45, 7) is 7.74. The van der Waals surface area contributed by atoms with Crippen LogP contribution in [0.5, 0.6) is 5.75 Å². The van der Waals surface area contributed by atoms with Crippen LogP contribution in [0.15, 0.2) is 65.6 Å². The lowest BCUT2D eigenvalue weighted by molar-refractivity contribution is -0.248. The van der Waals surface area contributed by atoms with Gasteiger partial charge in [0, 0.05) is 65.1 Å². The number of hydrogen-bond acceptors (Lipinski definition) is 22. The number of alkyl carbamates (subject to hydrolysis) is 1. The molecule has 0 bridgehead atoms. The molecule has 0 saturated carbocycles. The van der Waals surface area contributed by atoms with Gasteiger partial charge in [0.25, 0.3) is 11.5 Å². The lowest BCUT2D eigenvalue weighted by Crippen LogP contribution is -2.55. The fourth-order valence-electron chi connectivity index (χ4n) is 9.69. The molecule has 1 aliphatic heterocycles. The van der Waals surface area contributed by atoms with Crippen molar-refractivity contribution in [1.82, 2.24) is 35.9 Å². The summed E-state index contributed by atoms with van der Waals surface area (Å²) in [7, 11) is 3.64. The number of Topliss-reactive ketones (excluding diaryl/α,β-unsaturated/α-hetero) is 1. The number of carbonyl (C=O) groups is 8. The van der Waals surface area contributed by atoms with Crippen LogP contribution in [0.25, 0.3) is 11.2 Å². The van der Waals surface area contributed by atoms with Gasteiger partial charge in [0.15, 0.2) is 34.8 Å². The minimum Gasteiger partial charge on any atom is -0.496 e. The number of carboxylic acids is 1. The number of amides is 3. The lowest BCUT2D eigenvalue weighted by atomic mass is 9.73. The molecule has 25 nitrogen and oxygen atoms in total. The molecule has 3 aliphatic rings. The van der Waals surface area contributed by atoms with Gasteiger partial charge in [-0.25, -0.2) is 29.3 Å². The van der Waals surface area contributed by atoms with Crippen molar-refractivity contribution in [3.05, 3.63) is 122 Å². The minimum atomic E-state index is -1.90. The molecule has 5 aromatic rings. The molecular weight excluding hydrogens is 1120 g/mol. The molecule has 27 heteroatoms. The van der Waals surface area contributed by atoms with Crippen molar-refractivity contribution in [2.24, 2.45) is 0 Å². The van der Waals surface area contributed by atoms with E-state index in [0.717, 1.165) is 21.6 Å². The predicted octanol–water partition coefficient (Wildman–Crippen LogP) is 3.81. The highest BCUT2D eigenvalue weighted by Crippen LogP contribution is 2.44. The van der Waals surface area contributed by atoms with E-state index in [1.54, 1.807) is 52.0 Å². The van der Waals surface area contributed by atoms with E-state index in [1.165, 1.54) is 50.6 Å². The largest absolute Gasteiger partial charge is 0.496 e. The van der Waals surface area contributed by atoms with Crippen molar-refractivity contribution in [3.8, 4) is 5.75 Å². The van der Waals surface area contributed by atoms with Crippen LogP contribution in [0, 0.1) is 6.92 Å². The predicted molar refractivity (Wildman–Crippen MR) is 300 cm³/mol. The molecule has 2 aliphatic carbocycles. The molecule has 83 heavy (non-hydrogen) atoms. The van der Waals surface area contributed by atoms with E-state index < -0.39 is 107 Å². The number of ketones is 3. The number of fused-ring (bicyclic) bond motifs is 4. The summed E-state index contributed by atoms with van der Waals surface area (Å²) >= 11 is 0. The number of aliphatic carboxylic acids is 1. The maximum Gasteiger partial charge on any atom is 0.407 e. The van der Waals surface area contributed by atoms with E-state index in [4.69, 9.17) is 23.7 Å². The Labute approximate surface area is 482 Å². The summed E-state index contributed by atoms with van der Waals surface area (Å²) in [4.78, 5) is 133. The molecule has 3 aromatic carbocycles. The van der Waals surface area contributed by atoms with E-state index in [9.17, 15) is 58.5 Å². The smallest absolute Gasteiger partial charge is 0.407 e. The summed E-state index contributed by atoms with van der Waals surface area (Å²) < 4.78 is 28.5. The number of aliphatic hydroxyl groups is 2. The third-order valence-corrected chi connectivity index (χ3v) is 16.4. The molecule has 1 fully saturated rings. The molecule has 8 N–H and O–H groups in total. The zero-order valence-corrected chi connectivity index (χ0v) is 47.6. The second-order valence-corrected chi connectivity index (χ2v) is 23.0. The van der Waals surface area contributed by atoms with Crippen LogP contribution in [0.2, 0.25) is 0 Å². The number of aromatic nitrogens is 4. The fourth-order valence-corrected chi connectivity index (χ4v) is 11.7. The fraction of sp³-hybridized carbons (Fsp3) is 0.429. The topological polar surface area (TPSA) is 363 Å². The summed E-state index contributed by atoms with van der Waals surface area (Å²) in [5.74, 6) is -4.17. The summed E-state index contributed by atoms with van der Waals surface area (Å²) in [5.41, 5.74) is 0.600. The van der Waals surface area contributed by atoms with Crippen LogP contribution in [-0.4, -0.2) is 156 Å². The van der Waals surface area contributed by atoms with Gasteiger partial charge in [-0.3, -0.25) is 28.8 Å². The number of carbonyl (C=O) groups excluding carboxylic acids is 7. The normalized spacial score (nSPS) is 20.7. The number of aliphatic hydroxyl groups excluding tert-OH is 1. The summed E-state index contributed by atoms with van der Waals surface area (Å²) in [6.07, 6.45) is -5.25. The molecular formula is C56H62N8O17S2. The van der Waals surface area contributed by atoms with E-state index in [0.29, 0.717) is 28.3 Å². The number of esters is 1. The van der Waals surface area contributed by atoms with Gasteiger partial charge in [-0.15, -0.1) is 0 Å². The van der Waals surface area contributed by atoms with Crippen LogP contribution in [0.4, 0.5) is 10.5 Å². The van der Waals surface area contributed by atoms with Crippen molar-refractivity contribution in [1.29, 1.82) is 0 Å². The number of hydrogen-bond donors (Lipinski definition) is 8. The standard InChI is InChI=1S/C56H62N8O17S2/c1-26(2)79-54(74)38(63-51(70)30-10-12-32(13-11-30)57-23-33-24-58-50-46(61-33)52(71)60-29(5)59-50)14-15-43(66)62-40(53(72)73)25-83-82-17-16-78-55(75)64-39-20-44(80-27(3)47(39)67)81-42-22-56(76,28(4)65)21-31-18-36-37(19-35(31)42)49(69)45-34(48(36)68)8-7-9-41(45)77-6/h7-13,18-19,24,26-27,38-40,42,44,47,57,67,76H,14-17,20-23,25H2,1-6H3,(H,62,66)(H,63,70)(H,64,75)(H,72,73)(H,58,59,60,71)/t27-,38+,39+,40+,42-,44-,47+,56-/m0/s1. The first kappa shape index (κ1) is 61.3. The molecule has 0 spiro atoms. The molecule has 440 valence electrons. The van der Waals surface area contributed by atoms with Crippen LogP contribution >= 0.6 is 21.6 Å². The monoisotopic (exact) mass is 1180 g/mol. The van der Waals surface area contributed by atoms with Gasteiger partial charge < -0.3 is 65.3 Å².